The highest BCUT2D eigenvalue weighted by Gasteiger charge is 2.22. The predicted octanol–water partition coefficient (Wildman–Crippen LogP) is 1.64. The first-order valence-electron chi connectivity index (χ1n) is 10.4. The third-order valence-electron chi connectivity index (χ3n) is 5.29. The van der Waals surface area contributed by atoms with Crippen LogP contribution in [0.4, 0.5) is 5.82 Å². The monoisotopic (exact) mass is 456 g/mol. The third kappa shape index (κ3) is 4.66. The molecule has 0 saturated heterocycles. The average Bonchev–Trinajstić information content (AvgIpc) is 3.24. The molecule has 3 N–H and O–H groups in total. The molecule has 0 fully saturated rings. The van der Waals surface area contributed by atoms with Crippen LogP contribution in [0.3, 0.4) is 0 Å². The van der Waals surface area contributed by atoms with Crippen molar-refractivity contribution in [3.8, 4) is 6.07 Å². The second kappa shape index (κ2) is 9.99. The lowest BCUT2D eigenvalue weighted by molar-refractivity contribution is -0.115. The van der Waals surface area contributed by atoms with Gasteiger partial charge in [0.1, 0.15) is 17.8 Å². The number of nitrogens with one attached hydrogen (secondary N) is 1. The summed E-state index contributed by atoms with van der Waals surface area (Å²) in [5.41, 5.74) is 2.24. The van der Waals surface area contributed by atoms with Gasteiger partial charge < -0.3 is 20.1 Å². The zero-order chi connectivity index (χ0) is 24.1. The molecule has 1 amide bonds. The Morgan fingerprint density at radius 2 is 1.88 bits per heavy atom. The van der Waals surface area contributed by atoms with Crippen LogP contribution in [-0.2, 0) is 11.2 Å². The number of nitriles is 1. The van der Waals surface area contributed by atoms with Gasteiger partial charge in [-0.05, 0) is 29.8 Å². The first-order chi connectivity index (χ1) is 16.5. The zero-order valence-electron chi connectivity index (χ0n) is 17.9. The predicted molar refractivity (Wildman–Crippen MR) is 122 cm³/mol. The lowest BCUT2D eigenvalue weighted by atomic mass is 10.1. The summed E-state index contributed by atoms with van der Waals surface area (Å²) < 4.78 is 1.55. The van der Waals surface area contributed by atoms with Gasteiger partial charge in [0.2, 0.25) is 5.91 Å². The van der Waals surface area contributed by atoms with E-state index in [-0.39, 0.29) is 42.7 Å². The Hall–Kier alpha value is -4.46. The number of pyridine rings is 1. The first kappa shape index (κ1) is 22.7. The molecule has 0 spiro atoms. The van der Waals surface area contributed by atoms with Crippen LogP contribution in [0.5, 0.6) is 0 Å². The molecule has 0 aliphatic carbocycles. The largest absolute Gasteiger partial charge is 0.394 e. The number of anilines is 1. The van der Waals surface area contributed by atoms with E-state index in [1.54, 1.807) is 28.8 Å². The zero-order valence-corrected chi connectivity index (χ0v) is 17.9. The third-order valence-corrected chi connectivity index (χ3v) is 5.29. The Kier molecular flexibility index (Phi) is 6.68. The molecule has 0 unspecified atom stereocenters. The quantitative estimate of drug-likeness (QED) is 0.338. The topological polar surface area (TPSA) is 154 Å². The number of nitrogens with zero attached hydrogens (tertiary/aromatic N) is 5. The Bertz CT molecular complexity index is 1390. The number of carbonyl (C=O) groups excluding carboxylic acids is 2. The van der Waals surface area contributed by atoms with E-state index in [0.29, 0.717) is 22.2 Å². The molecule has 0 aliphatic heterocycles. The molecule has 0 aliphatic rings. The van der Waals surface area contributed by atoms with Gasteiger partial charge in [0.05, 0.1) is 42.9 Å². The normalized spacial score (nSPS) is 10.9. The number of aromatic nitrogens is 4. The van der Waals surface area contributed by atoms with Crippen molar-refractivity contribution >= 4 is 28.5 Å². The molecule has 1 aromatic carbocycles. The summed E-state index contributed by atoms with van der Waals surface area (Å²) in [5, 5.41) is 31.2. The van der Waals surface area contributed by atoms with E-state index < -0.39 is 6.04 Å². The van der Waals surface area contributed by atoms with Crippen molar-refractivity contribution in [1.82, 2.24) is 19.5 Å². The summed E-state index contributed by atoms with van der Waals surface area (Å²) in [6.45, 7) is -0.662. The minimum atomic E-state index is -0.659. The first-order valence-corrected chi connectivity index (χ1v) is 10.4. The van der Waals surface area contributed by atoms with Crippen molar-refractivity contribution < 1.29 is 19.8 Å². The molecule has 0 saturated carbocycles. The number of carbonyl (C=O) groups is 2. The number of rotatable bonds is 8. The fraction of sp³-hybridized carbons (Fsp3) is 0.167. The van der Waals surface area contributed by atoms with Gasteiger partial charge in [-0.15, -0.1) is 0 Å². The minimum absolute atomic E-state index is 0.0834. The lowest BCUT2D eigenvalue weighted by Gasteiger charge is -2.13. The van der Waals surface area contributed by atoms with E-state index in [1.807, 2.05) is 6.07 Å². The smallest absolute Gasteiger partial charge is 0.229 e. The van der Waals surface area contributed by atoms with E-state index in [4.69, 9.17) is 5.26 Å². The maximum atomic E-state index is 13.3. The molecule has 3 aromatic heterocycles. The fourth-order valence-corrected chi connectivity index (χ4v) is 3.55. The average molecular weight is 456 g/mol. The molecule has 0 bridgehead atoms. The summed E-state index contributed by atoms with van der Waals surface area (Å²) in [7, 11) is 0. The molecular formula is C24H20N6O4. The van der Waals surface area contributed by atoms with Crippen LogP contribution in [0.1, 0.15) is 33.1 Å². The van der Waals surface area contributed by atoms with Crippen molar-refractivity contribution in [2.45, 2.75) is 12.5 Å². The standard InChI is InChI=1S/C24H20N6O4/c25-9-16-3-1-15(2-4-16)7-22(33)29-21-8-17(5-6-27-21)23(34)20-11-30(18(12-31)13-32)24-19(20)10-26-14-28-24/h1-6,8,10-11,14,18,31-32H,7,12-13H2,(H,27,29,33). The van der Waals surface area contributed by atoms with E-state index in [1.165, 1.54) is 37.1 Å². The number of hydrogen-bond donors (Lipinski definition) is 3. The molecule has 0 radical (unpaired) electrons. The molecule has 170 valence electrons. The summed E-state index contributed by atoms with van der Waals surface area (Å²) in [4.78, 5) is 38.0. The lowest BCUT2D eigenvalue weighted by Crippen LogP contribution is -2.17. The van der Waals surface area contributed by atoms with E-state index in [0.717, 1.165) is 5.56 Å². The van der Waals surface area contributed by atoms with Crippen molar-refractivity contribution in [1.29, 1.82) is 5.26 Å². The number of hydrogen-bond acceptors (Lipinski definition) is 8. The number of fused-ring (bicyclic) bond motifs is 1. The fourth-order valence-electron chi connectivity index (χ4n) is 3.55. The number of ketones is 1. The molecule has 4 rings (SSSR count). The number of amides is 1. The molecule has 0 atom stereocenters. The molecule has 10 heteroatoms. The number of benzene rings is 1. The highest BCUT2D eigenvalue weighted by atomic mass is 16.3. The van der Waals surface area contributed by atoms with Crippen LogP contribution in [-0.4, -0.2) is 54.6 Å². The molecule has 10 nitrogen and oxygen atoms in total. The minimum Gasteiger partial charge on any atom is -0.394 e. The van der Waals surface area contributed by atoms with Gasteiger partial charge in [-0.3, -0.25) is 9.59 Å². The van der Waals surface area contributed by atoms with Crippen molar-refractivity contribution in [3.05, 3.63) is 83.6 Å². The Balaban J connectivity index is 1.57. The van der Waals surface area contributed by atoms with Gasteiger partial charge in [0.25, 0.3) is 0 Å². The van der Waals surface area contributed by atoms with Crippen LogP contribution in [0.2, 0.25) is 0 Å². The molecule has 34 heavy (non-hydrogen) atoms. The number of aliphatic hydroxyl groups excluding tert-OH is 2. The highest BCUT2D eigenvalue weighted by Crippen LogP contribution is 2.25. The Morgan fingerprint density at radius 3 is 2.59 bits per heavy atom. The summed E-state index contributed by atoms with van der Waals surface area (Å²) in [6.07, 6.45) is 5.86. The van der Waals surface area contributed by atoms with E-state index in [2.05, 4.69) is 20.3 Å². The second-order valence-corrected chi connectivity index (χ2v) is 7.52. The van der Waals surface area contributed by atoms with Crippen LogP contribution in [0.15, 0.2) is 61.3 Å². The summed E-state index contributed by atoms with van der Waals surface area (Å²) in [6, 6.07) is 11.1. The number of aliphatic hydroxyl groups is 2. The summed E-state index contributed by atoms with van der Waals surface area (Å²) in [5.74, 6) is -0.452. The summed E-state index contributed by atoms with van der Waals surface area (Å²) >= 11 is 0. The van der Waals surface area contributed by atoms with Gasteiger partial charge in [0, 0.05) is 29.5 Å². The molecular weight excluding hydrogens is 436 g/mol. The van der Waals surface area contributed by atoms with Crippen LogP contribution >= 0.6 is 0 Å². The maximum Gasteiger partial charge on any atom is 0.229 e. The van der Waals surface area contributed by atoms with Gasteiger partial charge in [0.15, 0.2) is 5.78 Å². The van der Waals surface area contributed by atoms with Crippen LogP contribution in [0.25, 0.3) is 11.0 Å². The van der Waals surface area contributed by atoms with Crippen molar-refractivity contribution in [3.63, 3.8) is 0 Å². The maximum absolute atomic E-state index is 13.3. The molecule has 4 aromatic rings. The van der Waals surface area contributed by atoms with Crippen LogP contribution < -0.4 is 5.32 Å². The van der Waals surface area contributed by atoms with E-state index >= 15 is 0 Å². The Labute approximate surface area is 194 Å². The van der Waals surface area contributed by atoms with E-state index in [9.17, 15) is 19.8 Å². The SMILES string of the molecule is N#Cc1ccc(CC(=O)Nc2cc(C(=O)c3cn(C(CO)CO)c4ncncc34)ccn2)cc1. The Morgan fingerprint density at radius 1 is 1.12 bits per heavy atom. The second-order valence-electron chi connectivity index (χ2n) is 7.52. The van der Waals surface area contributed by atoms with Gasteiger partial charge in [-0.2, -0.15) is 5.26 Å². The highest BCUT2D eigenvalue weighted by molar-refractivity contribution is 6.16. The van der Waals surface area contributed by atoms with Crippen molar-refractivity contribution in [2.75, 3.05) is 18.5 Å². The van der Waals surface area contributed by atoms with Gasteiger partial charge in [-0.25, -0.2) is 15.0 Å². The molecule has 3 heterocycles. The van der Waals surface area contributed by atoms with Crippen LogP contribution in [0, 0.1) is 11.3 Å². The van der Waals surface area contributed by atoms with Gasteiger partial charge in [-0.1, -0.05) is 12.1 Å². The van der Waals surface area contributed by atoms with Crippen molar-refractivity contribution in [2.24, 2.45) is 0 Å². The van der Waals surface area contributed by atoms with Gasteiger partial charge >= 0.3 is 0 Å².